The Kier molecular flexibility index (Phi) is 4.18. The topological polar surface area (TPSA) is 86.4 Å². The van der Waals surface area contributed by atoms with Gasteiger partial charge < -0.3 is 4.74 Å². The van der Waals surface area contributed by atoms with Gasteiger partial charge in [-0.25, -0.2) is 14.1 Å². The molecule has 8 nitrogen and oxygen atoms in total. The lowest BCUT2D eigenvalue weighted by Crippen LogP contribution is -2.06. The van der Waals surface area contributed by atoms with Crippen LogP contribution in [0.1, 0.15) is 11.4 Å². The Bertz CT molecular complexity index is 989. The molecule has 0 aliphatic carbocycles. The molecule has 3 heterocycles. The van der Waals surface area contributed by atoms with Crippen LogP contribution in [0.15, 0.2) is 48.9 Å². The van der Waals surface area contributed by atoms with Gasteiger partial charge >= 0.3 is 0 Å². The number of nitrogens with zero attached hydrogens (tertiary/aromatic N) is 6. The van der Waals surface area contributed by atoms with Gasteiger partial charge in [-0.05, 0) is 23.8 Å². The van der Waals surface area contributed by atoms with E-state index in [0.717, 1.165) is 17.5 Å². The zero-order chi connectivity index (χ0) is 17.9. The van der Waals surface area contributed by atoms with Crippen LogP contribution in [0.25, 0.3) is 11.5 Å². The quantitative estimate of drug-likeness (QED) is 0.574. The maximum Gasteiger partial charge on any atom is 0.179 e. The SMILES string of the molecule is COc1ccc(Cn2nc(Cn3cccn3)nc2-c2[nH]ncc2F)cc1. The van der Waals surface area contributed by atoms with E-state index in [0.29, 0.717) is 24.7 Å². The van der Waals surface area contributed by atoms with E-state index in [9.17, 15) is 4.39 Å². The van der Waals surface area contributed by atoms with Crippen LogP contribution in [0.5, 0.6) is 5.75 Å². The first kappa shape index (κ1) is 16.0. The van der Waals surface area contributed by atoms with Gasteiger partial charge in [-0.3, -0.25) is 9.78 Å². The summed E-state index contributed by atoms with van der Waals surface area (Å²) in [4.78, 5) is 4.47. The van der Waals surface area contributed by atoms with Gasteiger partial charge in [0.05, 0.1) is 19.9 Å². The van der Waals surface area contributed by atoms with E-state index in [1.165, 1.54) is 0 Å². The monoisotopic (exact) mass is 353 g/mol. The van der Waals surface area contributed by atoms with Crippen molar-refractivity contribution in [3.05, 3.63) is 66.1 Å². The molecule has 4 aromatic rings. The highest BCUT2D eigenvalue weighted by molar-refractivity contribution is 5.49. The molecule has 3 aromatic heterocycles. The van der Waals surface area contributed by atoms with Gasteiger partial charge in [0.15, 0.2) is 17.5 Å². The van der Waals surface area contributed by atoms with E-state index < -0.39 is 5.82 Å². The average Bonchev–Trinajstić information content (AvgIpc) is 3.38. The second-order valence-electron chi connectivity index (χ2n) is 5.65. The van der Waals surface area contributed by atoms with Crippen molar-refractivity contribution in [2.24, 2.45) is 0 Å². The van der Waals surface area contributed by atoms with Crippen LogP contribution >= 0.6 is 0 Å². The third-order valence-electron chi connectivity index (χ3n) is 3.89. The summed E-state index contributed by atoms with van der Waals surface area (Å²) < 4.78 is 22.6. The number of nitrogens with one attached hydrogen (secondary N) is 1. The summed E-state index contributed by atoms with van der Waals surface area (Å²) in [6, 6.07) is 9.42. The molecule has 0 atom stereocenters. The summed E-state index contributed by atoms with van der Waals surface area (Å²) in [7, 11) is 1.62. The molecule has 0 saturated carbocycles. The molecule has 0 bridgehead atoms. The Balaban J connectivity index is 1.68. The first-order valence-corrected chi connectivity index (χ1v) is 7.96. The number of hydrogen-bond acceptors (Lipinski definition) is 5. The molecular weight excluding hydrogens is 337 g/mol. The van der Waals surface area contributed by atoms with Crippen molar-refractivity contribution in [2.75, 3.05) is 7.11 Å². The zero-order valence-corrected chi connectivity index (χ0v) is 14.0. The van der Waals surface area contributed by atoms with E-state index in [1.54, 1.807) is 22.7 Å². The van der Waals surface area contributed by atoms with Crippen molar-refractivity contribution in [2.45, 2.75) is 13.1 Å². The van der Waals surface area contributed by atoms with Gasteiger partial charge in [0.2, 0.25) is 0 Å². The number of benzene rings is 1. The van der Waals surface area contributed by atoms with Crippen LogP contribution in [0, 0.1) is 5.82 Å². The van der Waals surface area contributed by atoms with E-state index in [2.05, 4.69) is 25.4 Å². The van der Waals surface area contributed by atoms with Gasteiger partial charge in [-0.1, -0.05) is 12.1 Å². The van der Waals surface area contributed by atoms with Crippen molar-refractivity contribution >= 4 is 0 Å². The van der Waals surface area contributed by atoms with Gasteiger partial charge in [0, 0.05) is 12.4 Å². The Labute approximate surface area is 148 Å². The molecule has 0 saturated heterocycles. The number of aromatic amines is 1. The minimum atomic E-state index is -0.473. The molecular formula is C17H16FN7O. The average molecular weight is 353 g/mol. The zero-order valence-electron chi connectivity index (χ0n) is 14.0. The van der Waals surface area contributed by atoms with Crippen molar-refractivity contribution in [3.63, 3.8) is 0 Å². The van der Waals surface area contributed by atoms with Crippen molar-refractivity contribution in [1.29, 1.82) is 0 Å². The third kappa shape index (κ3) is 3.18. The minimum Gasteiger partial charge on any atom is -0.497 e. The summed E-state index contributed by atoms with van der Waals surface area (Å²) in [5.41, 5.74) is 1.19. The highest BCUT2D eigenvalue weighted by atomic mass is 19.1. The van der Waals surface area contributed by atoms with Gasteiger partial charge in [0.1, 0.15) is 18.0 Å². The Hall–Kier alpha value is -3.49. The number of hydrogen-bond donors (Lipinski definition) is 1. The van der Waals surface area contributed by atoms with Crippen molar-refractivity contribution in [1.82, 2.24) is 34.7 Å². The van der Waals surface area contributed by atoms with Crippen molar-refractivity contribution in [3.8, 4) is 17.3 Å². The van der Waals surface area contributed by atoms with Crippen LogP contribution < -0.4 is 4.74 Å². The molecule has 1 N–H and O–H groups in total. The highest BCUT2D eigenvalue weighted by Gasteiger charge is 2.18. The molecule has 0 fully saturated rings. The maximum absolute atomic E-state index is 14.0. The lowest BCUT2D eigenvalue weighted by molar-refractivity contribution is 0.414. The van der Waals surface area contributed by atoms with Gasteiger partial charge in [-0.15, -0.1) is 0 Å². The summed E-state index contributed by atoms with van der Waals surface area (Å²) in [5, 5.41) is 15.1. The number of rotatable bonds is 6. The third-order valence-corrected chi connectivity index (χ3v) is 3.89. The largest absolute Gasteiger partial charge is 0.497 e. The lowest BCUT2D eigenvalue weighted by atomic mass is 10.2. The van der Waals surface area contributed by atoms with Crippen LogP contribution in [0.4, 0.5) is 4.39 Å². The molecule has 0 amide bonds. The van der Waals surface area contributed by atoms with E-state index in [1.807, 2.05) is 36.5 Å². The molecule has 0 radical (unpaired) electrons. The second-order valence-corrected chi connectivity index (χ2v) is 5.65. The number of ether oxygens (including phenoxy) is 1. The van der Waals surface area contributed by atoms with Crippen LogP contribution in [0.2, 0.25) is 0 Å². The first-order chi connectivity index (χ1) is 12.7. The van der Waals surface area contributed by atoms with Crippen LogP contribution in [-0.2, 0) is 13.1 Å². The number of aromatic nitrogens is 7. The molecule has 0 aliphatic heterocycles. The predicted octanol–water partition coefficient (Wildman–Crippen LogP) is 2.11. The van der Waals surface area contributed by atoms with Gasteiger partial charge in [0.25, 0.3) is 0 Å². The summed E-state index contributed by atoms with van der Waals surface area (Å²) in [6.45, 7) is 0.829. The molecule has 4 rings (SSSR count). The highest BCUT2D eigenvalue weighted by Crippen LogP contribution is 2.20. The van der Waals surface area contributed by atoms with E-state index >= 15 is 0 Å². The predicted molar refractivity (Wildman–Crippen MR) is 91.0 cm³/mol. The Morgan fingerprint density at radius 2 is 2.04 bits per heavy atom. The molecule has 26 heavy (non-hydrogen) atoms. The second kappa shape index (κ2) is 6.79. The number of halogens is 1. The summed E-state index contributed by atoms with van der Waals surface area (Å²) in [5.74, 6) is 1.22. The van der Waals surface area contributed by atoms with E-state index in [4.69, 9.17) is 4.74 Å². The first-order valence-electron chi connectivity index (χ1n) is 7.96. The fourth-order valence-electron chi connectivity index (χ4n) is 2.62. The number of methoxy groups -OCH3 is 1. The molecule has 132 valence electrons. The minimum absolute atomic E-state index is 0.206. The van der Waals surface area contributed by atoms with Crippen LogP contribution in [0.3, 0.4) is 0 Å². The molecule has 1 aromatic carbocycles. The Morgan fingerprint density at radius 3 is 2.69 bits per heavy atom. The van der Waals surface area contributed by atoms with Crippen molar-refractivity contribution < 1.29 is 9.13 Å². The standard InChI is InChI=1S/C17H16FN7O/c1-26-13-5-3-12(4-6-13)10-25-17(16-14(18)9-19-22-16)21-15(23-25)11-24-8-2-7-20-24/h2-9H,10-11H2,1H3,(H,19,22). The fraction of sp³-hybridized carbons (Fsp3) is 0.176. The lowest BCUT2D eigenvalue weighted by Gasteiger charge is -2.06. The van der Waals surface area contributed by atoms with Gasteiger partial charge in [-0.2, -0.15) is 15.3 Å². The summed E-state index contributed by atoms with van der Waals surface area (Å²) in [6.07, 6.45) is 4.62. The Morgan fingerprint density at radius 1 is 1.19 bits per heavy atom. The van der Waals surface area contributed by atoms with E-state index in [-0.39, 0.29) is 5.69 Å². The normalized spacial score (nSPS) is 11.0. The number of H-pyrrole nitrogens is 1. The fourth-order valence-corrected chi connectivity index (χ4v) is 2.62. The maximum atomic E-state index is 14.0. The van der Waals surface area contributed by atoms with Crippen LogP contribution in [-0.4, -0.2) is 41.9 Å². The molecule has 0 aliphatic rings. The molecule has 0 spiro atoms. The smallest absolute Gasteiger partial charge is 0.179 e. The summed E-state index contributed by atoms with van der Waals surface area (Å²) >= 11 is 0. The molecule has 9 heteroatoms. The molecule has 0 unspecified atom stereocenters.